The van der Waals surface area contributed by atoms with Crippen LogP contribution in [0.25, 0.3) is 22.2 Å². The number of alkyl halides is 3. The number of likely N-dealkylation sites (tertiary alicyclic amines) is 1. The zero-order valence-corrected chi connectivity index (χ0v) is 18.3. The number of anilines is 1. The minimum absolute atomic E-state index is 0.117. The summed E-state index contributed by atoms with van der Waals surface area (Å²) in [6.45, 7) is 2.99. The largest absolute Gasteiger partial charge is 0.354 e. The quantitative estimate of drug-likeness (QED) is 0.549. The number of aromatic nitrogens is 3. The van der Waals surface area contributed by atoms with E-state index in [1.54, 1.807) is 0 Å². The zero-order valence-electron chi connectivity index (χ0n) is 16.1. The second-order valence-electron chi connectivity index (χ2n) is 7.49. The van der Waals surface area contributed by atoms with E-state index >= 15 is 0 Å². The molecule has 2 aromatic carbocycles. The van der Waals surface area contributed by atoms with E-state index in [1.807, 2.05) is 30.3 Å². The van der Waals surface area contributed by atoms with Crippen molar-refractivity contribution in [2.45, 2.75) is 16.6 Å². The van der Waals surface area contributed by atoms with Crippen LogP contribution < -0.4 is 5.32 Å². The maximum absolute atomic E-state index is 6.09. The van der Waals surface area contributed by atoms with Crippen LogP contribution in [0.5, 0.6) is 0 Å². The Kier molecular flexibility index (Phi) is 6.11. The molecule has 1 saturated heterocycles. The first-order chi connectivity index (χ1) is 13.9. The lowest BCUT2D eigenvalue weighted by atomic mass is 9.97. The minimum Gasteiger partial charge on any atom is -0.354 e. The maximum Gasteiger partial charge on any atom is 0.250 e. The van der Waals surface area contributed by atoms with Crippen LogP contribution in [-0.4, -0.2) is 46.5 Å². The Morgan fingerprint density at radius 3 is 2.45 bits per heavy atom. The molecule has 5 nitrogen and oxygen atoms in total. The van der Waals surface area contributed by atoms with Crippen molar-refractivity contribution in [2.24, 2.45) is 5.92 Å². The smallest absolute Gasteiger partial charge is 0.250 e. The monoisotopic (exact) mass is 449 g/mol. The number of hydrogen-bond donors (Lipinski definition) is 1. The highest BCUT2D eigenvalue weighted by molar-refractivity contribution is 6.66. The number of halogens is 3. The molecule has 29 heavy (non-hydrogen) atoms. The summed E-state index contributed by atoms with van der Waals surface area (Å²) in [4.78, 5) is 15.7. The number of piperidine rings is 1. The summed E-state index contributed by atoms with van der Waals surface area (Å²) in [5.41, 5.74) is 0.851. The third-order valence-electron chi connectivity index (χ3n) is 5.28. The van der Waals surface area contributed by atoms with E-state index in [1.165, 1.54) is 0 Å². The number of rotatable bonds is 4. The van der Waals surface area contributed by atoms with E-state index in [4.69, 9.17) is 34.8 Å². The Morgan fingerprint density at radius 1 is 1.00 bits per heavy atom. The molecule has 3 aromatic rings. The van der Waals surface area contributed by atoms with E-state index in [0.717, 1.165) is 48.8 Å². The molecule has 0 bridgehead atoms. The Morgan fingerprint density at radius 2 is 1.72 bits per heavy atom. The fourth-order valence-electron chi connectivity index (χ4n) is 3.54. The minimum atomic E-state index is -1.72. The van der Waals surface area contributed by atoms with E-state index < -0.39 is 3.79 Å². The van der Waals surface area contributed by atoms with Crippen molar-refractivity contribution in [1.82, 2.24) is 19.9 Å². The Bertz CT molecular complexity index is 997. The molecule has 0 amide bonds. The Balaban J connectivity index is 1.63. The highest BCUT2D eigenvalue weighted by atomic mass is 35.6. The molecule has 0 spiro atoms. The molecule has 1 N–H and O–H groups in total. The number of benzene rings is 2. The normalized spacial score (nSPS) is 16.3. The van der Waals surface area contributed by atoms with Crippen molar-refractivity contribution in [3.05, 3.63) is 48.3 Å². The number of hydrogen-bond acceptors (Lipinski definition) is 5. The molecule has 1 aliphatic heterocycles. The van der Waals surface area contributed by atoms with Gasteiger partial charge in [-0.1, -0.05) is 71.2 Å². The predicted molar refractivity (Wildman–Crippen MR) is 121 cm³/mol. The molecule has 0 radical (unpaired) electrons. The van der Waals surface area contributed by atoms with Crippen molar-refractivity contribution < 1.29 is 0 Å². The first kappa shape index (κ1) is 20.6. The van der Waals surface area contributed by atoms with Gasteiger partial charge in [0.1, 0.15) is 0 Å². The molecular weight excluding hydrogens is 429 g/mol. The first-order valence-corrected chi connectivity index (χ1v) is 10.8. The summed E-state index contributed by atoms with van der Waals surface area (Å²) in [6.07, 6.45) is 2.28. The van der Waals surface area contributed by atoms with Crippen LogP contribution in [-0.2, 0) is 3.79 Å². The molecule has 0 aliphatic carbocycles. The van der Waals surface area contributed by atoms with Crippen LogP contribution >= 0.6 is 34.8 Å². The number of nitrogens with one attached hydrogen (secondary N) is 1. The van der Waals surface area contributed by atoms with Crippen molar-refractivity contribution in [3.8, 4) is 11.4 Å². The van der Waals surface area contributed by atoms with Crippen LogP contribution in [0.1, 0.15) is 18.7 Å². The van der Waals surface area contributed by atoms with E-state index in [9.17, 15) is 0 Å². The van der Waals surface area contributed by atoms with Crippen molar-refractivity contribution in [1.29, 1.82) is 0 Å². The molecule has 0 saturated carbocycles. The maximum atomic E-state index is 6.09. The highest BCUT2D eigenvalue weighted by Crippen LogP contribution is 2.37. The van der Waals surface area contributed by atoms with Crippen LogP contribution in [0.4, 0.5) is 5.95 Å². The van der Waals surface area contributed by atoms with Crippen LogP contribution in [0.2, 0.25) is 0 Å². The zero-order chi connectivity index (χ0) is 20.4. The van der Waals surface area contributed by atoms with Gasteiger partial charge < -0.3 is 10.2 Å². The summed E-state index contributed by atoms with van der Waals surface area (Å²) < 4.78 is -1.72. The third-order valence-corrected chi connectivity index (χ3v) is 5.79. The van der Waals surface area contributed by atoms with Gasteiger partial charge in [-0.25, -0.2) is 4.98 Å². The molecule has 2 heterocycles. The van der Waals surface area contributed by atoms with Gasteiger partial charge >= 0.3 is 0 Å². The lowest BCUT2D eigenvalue weighted by molar-refractivity contribution is 0.226. The molecule has 4 rings (SSSR count). The molecule has 0 atom stereocenters. The Labute approximate surface area is 185 Å². The topological polar surface area (TPSA) is 53.9 Å². The standard InChI is InChI=1S/C21H22Cl3N5/c1-29-10-8-14(9-11-29)13-25-20-27-18(26-19(28-20)21(22,23)24)17-7-6-15-4-2-3-5-16(15)12-17/h2-7,12,14H,8-11,13H2,1H3,(H,25,26,27,28). The van der Waals surface area contributed by atoms with Gasteiger partial charge in [0, 0.05) is 12.1 Å². The molecule has 152 valence electrons. The van der Waals surface area contributed by atoms with Gasteiger partial charge in [-0.3, -0.25) is 0 Å². The molecule has 8 heteroatoms. The first-order valence-electron chi connectivity index (χ1n) is 9.63. The van der Waals surface area contributed by atoms with Crippen molar-refractivity contribution >= 4 is 51.5 Å². The van der Waals surface area contributed by atoms with Crippen molar-refractivity contribution in [3.63, 3.8) is 0 Å². The van der Waals surface area contributed by atoms with Gasteiger partial charge in [0.2, 0.25) is 9.74 Å². The average Bonchev–Trinajstić information content (AvgIpc) is 2.72. The van der Waals surface area contributed by atoms with Crippen LogP contribution in [0.15, 0.2) is 42.5 Å². The van der Waals surface area contributed by atoms with Crippen molar-refractivity contribution in [2.75, 3.05) is 32.0 Å². The third kappa shape index (κ3) is 5.10. The lowest BCUT2D eigenvalue weighted by Crippen LogP contribution is -2.33. The van der Waals surface area contributed by atoms with Gasteiger partial charge in [0.05, 0.1) is 0 Å². The molecule has 0 unspecified atom stereocenters. The van der Waals surface area contributed by atoms with Gasteiger partial charge in [-0.05, 0) is 55.7 Å². The lowest BCUT2D eigenvalue weighted by Gasteiger charge is -2.29. The second kappa shape index (κ2) is 8.60. The highest BCUT2D eigenvalue weighted by Gasteiger charge is 2.29. The summed E-state index contributed by atoms with van der Waals surface area (Å²) in [5.74, 6) is 1.61. The summed E-state index contributed by atoms with van der Waals surface area (Å²) in [5, 5.41) is 5.58. The SMILES string of the molecule is CN1CCC(CNc2nc(-c3ccc4ccccc4c3)nc(C(Cl)(Cl)Cl)n2)CC1. The van der Waals surface area contributed by atoms with E-state index in [-0.39, 0.29) is 5.82 Å². The summed E-state index contributed by atoms with van der Waals surface area (Å²) >= 11 is 18.3. The fraction of sp³-hybridized carbons (Fsp3) is 0.381. The van der Waals surface area contributed by atoms with Gasteiger partial charge in [0.25, 0.3) is 0 Å². The summed E-state index contributed by atoms with van der Waals surface area (Å²) in [7, 11) is 2.15. The average molecular weight is 451 g/mol. The molecular formula is C21H22Cl3N5. The second-order valence-corrected chi connectivity index (χ2v) is 9.77. The Hall–Kier alpha value is -1.66. The van der Waals surface area contributed by atoms with E-state index in [2.05, 4.69) is 44.3 Å². The van der Waals surface area contributed by atoms with Crippen LogP contribution in [0.3, 0.4) is 0 Å². The van der Waals surface area contributed by atoms with Gasteiger partial charge in [-0.15, -0.1) is 0 Å². The van der Waals surface area contributed by atoms with Crippen LogP contribution in [0, 0.1) is 5.92 Å². The molecule has 1 aromatic heterocycles. The summed E-state index contributed by atoms with van der Waals surface area (Å²) in [6, 6.07) is 14.2. The fourth-order valence-corrected chi connectivity index (χ4v) is 3.79. The number of nitrogens with zero attached hydrogens (tertiary/aromatic N) is 4. The molecule has 1 fully saturated rings. The molecule has 1 aliphatic rings. The number of fused-ring (bicyclic) bond motifs is 1. The predicted octanol–water partition coefficient (Wildman–Crippen LogP) is 5.27. The van der Waals surface area contributed by atoms with E-state index in [0.29, 0.717) is 17.7 Å². The van der Waals surface area contributed by atoms with Gasteiger partial charge in [0.15, 0.2) is 11.6 Å². The van der Waals surface area contributed by atoms with Gasteiger partial charge in [-0.2, -0.15) is 9.97 Å².